The third-order valence-corrected chi connectivity index (χ3v) is 5.74. The highest BCUT2D eigenvalue weighted by atomic mass is 32.1. The van der Waals surface area contributed by atoms with Gasteiger partial charge in [-0.3, -0.25) is 0 Å². The number of hydrogen-bond donors (Lipinski definition) is 1. The van der Waals surface area contributed by atoms with Crippen molar-refractivity contribution in [3.8, 4) is 0 Å². The molecule has 1 aliphatic carbocycles. The first-order chi connectivity index (χ1) is 10.2. The molecular formula is C18H32N2S. The predicted octanol–water partition coefficient (Wildman–Crippen LogP) is 4.83. The van der Waals surface area contributed by atoms with Crippen LogP contribution in [0.5, 0.6) is 0 Å². The third-order valence-electron chi connectivity index (χ3n) is 4.92. The maximum Gasteiger partial charge on any atom is 0.0897 e. The van der Waals surface area contributed by atoms with Crippen LogP contribution in [0.3, 0.4) is 0 Å². The van der Waals surface area contributed by atoms with Gasteiger partial charge in [0.1, 0.15) is 0 Å². The number of rotatable bonds is 8. The molecule has 1 heterocycles. The standard InChI is InChI=1S/C18H32N2S/c1-4-6-15-7-8-16(12-19-9-5-2)17(10-15)11-18-13-21-14(3)20-18/h13,15-17,19H,4-12H2,1-3H3. The van der Waals surface area contributed by atoms with E-state index in [9.17, 15) is 0 Å². The number of hydrogen-bond acceptors (Lipinski definition) is 3. The lowest BCUT2D eigenvalue weighted by Crippen LogP contribution is -2.34. The Morgan fingerprint density at radius 3 is 2.76 bits per heavy atom. The molecule has 0 spiro atoms. The largest absolute Gasteiger partial charge is 0.316 e. The van der Waals surface area contributed by atoms with Gasteiger partial charge in [0, 0.05) is 5.38 Å². The molecule has 0 aromatic carbocycles. The fraction of sp³-hybridized carbons (Fsp3) is 0.833. The van der Waals surface area contributed by atoms with E-state index in [1.54, 1.807) is 11.3 Å². The minimum absolute atomic E-state index is 0.834. The first-order valence-electron chi connectivity index (χ1n) is 8.84. The molecule has 1 saturated carbocycles. The molecule has 120 valence electrons. The van der Waals surface area contributed by atoms with E-state index in [0.717, 1.165) is 24.3 Å². The number of nitrogens with one attached hydrogen (secondary N) is 1. The summed E-state index contributed by atoms with van der Waals surface area (Å²) in [6, 6.07) is 0. The summed E-state index contributed by atoms with van der Waals surface area (Å²) in [6.45, 7) is 9.07. The minimum Gasteiger partial charge on any atom is -0.316 e. The van der Waals surface area contributed by atoms with Crippen LogP contribution in [0.2, 0.25) is 0 Å². The highest BCUT2D eigenvalue weighted by Crippen LogP contribution is 2.37. The highest BCUT2D eigenvalue weighted by molar-refractivity contribution is 7.09. The normalized spacial score (nSPS) is 26.1. The zero-order chi connectivity index (χ0) is 15.1. The average Bonchev–Trinajstić information content (AvgIpc) is 2.87. The topological polar surface area (TPSA) is 24.9 Å². The van der Waals surface area contributed by atoms with Gasteiger partial charge in [-0.2, -0.15) is 0 Å². The summed E-state index contributed by atoms with van der Waals surface area (Å²) in [6.07, 6.45) is 9.47. The molecule has 1 aromatic heterocycles. The van der Waals surface area contributed by atoms with Gasteiger partial charge in [-0.05, 0) is 63.5 Å². The molecule has 0 amide bonds. The van der Waals surface area contributed by atoms with E-state index in [1.807, 2.05) is 0 Å². The van der Waals surface area contributed by atoms with Crippen molar-refractivity contribution < 1.29 is 0 Å². The summed E-state index contributed by atoms with van der Waals surface area (Å²) in [7, 11) is 0. The maximum atomic E-state index is 4.70. The SMILES string of the molecule is CCCNCC1CCC(CCC)CC1Cc1csc(C)n1. The van der Waals surface area contributed by atoms with Crippen molar-refractivity contribution in [2.45, 2.75) is 65.7 Å². The van der Waals surface area contributed by atoms with Crippen LogP contribution in [0.25, 0.3) is 0 Å². The van der Waals surface area contributed by atoms with Crippen molar-refractivity contribution in [1.82, 2.24) is 10.3 Å². The molecule has 0 aliphatic heterocycles. The lowest BCUT2D eigenvalue weighted by atomic mass is 9.71. The first-order valence-corrected chi connectivity index (χ1v) is 9.72. The number of nitrogens with zero attached hydrogens (tertiary/aromatic N) is 1. The molecule has 1 N–H and O–H groups in total. The summed E-state index contributed by atoms with van der Waals surface area (Å²) in [5, 5.41) is 7.14. The summed E-state index contributed by atoms with van der Waals surface area (Å²) in [5.74, 6) is 2.65. The van der Waals surface area contributed by atoms with Gasteiger partial charge in [-0.1, -0.05) is 33.1 Å². The van der Waals surface area contributed by atoms with Crippen molar-refractivity contribution in [2.24, 2.45) is 17.8 Å². The smallest absolute Gasteiger partial charge is 0.0897 e. The Morgan fingerprint density at radius 1 is 1.24 bits per heavy atom. The Bertz CT molecular complexity index is 402. The van der Waals surface area contributed by atoms with Crippen molar-refractivity contribution >= 4 is 11.3 Å². The molecule has 3 heteroatoms. The van der Waals surface area contributed by atoms with Crippen LogP contribution >= 0.6 is 11.3 Å². The monoisotopic (exact) mass is 308 g/mol. The molecule has 1 fully saturated rings. The molecule has 2 nitrogen and oxygen atoms in total. The fourth-order valence-corrected chi connectivity index (χ4v) is 4.47. The highest BCUT2D eigenvalue weighted by Gasteiger charge is 2.30. The van der Waals surface area contributed by atoms with Gasteiger partial charge in [-0.25, -0.2) is 4.98 Å². The lowest BCUT2D eigenvalue weighted by Gasteiger charge is -2.36. The Kier molecular flexibility index (Phi) is 7.18. The van der Waals surface area contributed by atoms with Gasteiger partial charge in [0.25, 0.3) is 0 Å². The van der Waals surface area contributed by atoms with Gasteiger partial charge in [0.15, 0.2) is 0 Å². The average molecular weight is 309 g/mol. The van der Waals surface area contributed by atoms with Crippen molar-refractivity contribution in [1.29, 1.82) is 0 Å². The summed E-state index contributed by atoms with van der Waals surface area (Å²) < 4.78 is 0. The number of aryl methyl sites for hydroxylation is 1. The van der Waals surface area contributed by atoms with Crippen LogP contribution in [0.15, 0.2) is 5.38 Å². The Labute approximate surface area is 134 Å². The van der Waals surface area contributed by atoms with E-state index in [4.69, 9.17) is 4.98 Å². The fourth-order valence-electron chi connectivity index (χ4n) is 3.85. The van der Waals surface area contributed by atoms with E-state index in [2.05, 4.69) is 31.5 Å². The maximum absolute atomic E-state index is 4.70. The zero-order valence-corrected chi connectivity index (χ0v) is 14.8. The molecule has 3 unspecified atom stereocenters. The third kappa shape index (κ3) is 5.37. The molecule has 0 saturated heterocycles. The van der Waals surface area contributed by atoms with Crippen LogP contribution < -0.4 is 5.32 Å². The Balaban J connectivity index is 1.94. The molecule has 1 aliphatic rings. The first kappa shape index (κ1) is 17.0. The molecule has 0 bridgehead atoms. The molecule has 1 aromatic rings. The quantitative estimate of drug-likeness (QED) is 0.696. The second kappa shape index (κ2) is 8.89. The molecule has 0 radical (unpaired) electrons. The van der Waals surface area contributed by atoms with Crippen molar-refractivity contribution in [3.05, 3.63) is 16.1 Å². The summed E-state index contributed by atoms with van der Waals surface area (Å²) >= 11 is 1.80. The number of aromatic nitrogens is 1. The van der Waals surface area contributed by atoms with Crippen LogP contribution in [0.1, 0.15) is 63.1 Å². The predicted molar refractivity (Wildman–Crippen MR) is 92.9 cm³/mol. The van der Waals surface area contributed by atoms with E-state index in [0.29, 0.717) is 0 Å². The minimum atomic E-state index is 0.834. The van der Waals surface area contributed by atoms with Crippen LogP contribution in [-0.2, 0) is 6.42 Å². The lowest BCUT2D eigenvalue weighted by molar-refractivity contribution is 0.167. The Morgan fingerprint density at radius 2 is 2.10 bits per heavy atom. The summed E-state index contributed by atoms with van der Waals surface area (Å²) in [5.41, 5.74) is 1.33. The van der Waals surface area contributed by atoms with Gasteiger partial charge >= 0.3 is 0 Å². The van der Waals surface area contributed by atoms with Crippen LogP contribution in [0, 0.1) is 24.7 Å². The van der Waals surface area contributed by atoms with Crippen LogP contribution in [0.4, 0.5) is 0 Å². The van der Waals surface area contributed by atoms with E-state index >= 15 is 0 Å². The molecule has 21 heavy (non-hydrogen) atoms. The van der Waals surface area contributed by atoms with E-state index in [-0.39, 0.29) is 0 Å². The van der Waals surface area contributed by atoms with Gasteiger partial charge in [-0.15, -0.1) is 11.3 Å². The zero-order valence-electron chi connectivity index (χ0n) is 14.0. The van der Waals surface area contributed by atoms with Gasteiger partial charge < -0.3 is 5.32 Å². The van der Waals surface area contributed by atoms with E-state index in [1.165, 1.54) is 62.2 Å². The van der Waals surface area contributed by atoms with Crippen LogP contribution in [-0.4, -0.2) is 18.1 Å². The second-order valence-electron chi connectivity index (χ2n) is 6.75. The van der Waals surface area contributed by atoms with Crippen molar-refractivity contribution in [2.75, 3.05) is 13.1 Å². The molecule has 3 atom stereocenters. The van der Waals surface area contributed by atoms with Gasteiger partial charge in [0.2, 0.25) is 0 Å². The van der Waals surface area contributed by atoms with Crippen molar-refractivity contribution in [3.63, 3.8) is 0 Å². The number of thiazole rings is 1. The molecular weight excluding hydrogens is 276 g/mol. The van der Waals surface area contributed by atoms with E-state index < -0.39 is 0 Å². The Hall–Kier alpha value is -0.410. The van der Waals surface area contributed by atoms with Gasteiger partial charge in [0.05, 0.1) is 10.7 Å². The molecule has 2 rings (SSSR count). The summed E-state index contributed by atoms with van der Waals surface area (Å²) in [4.78, 5) is 4.70. The second-order valence-corrected chi connectivity index (χ2v) is 7.82.